The summed E-state index contributed by atoms with van der Waals surface area (Å²) >= 11 is 0. The SMILES string of the molecule is CCCCCCCC(C)CN=O. The highest BCUT2D eigenvalue weighted by atomic mass is 16.3. The fourth-order valence-corrected chi connectivity index (χ4v) is 1.31. The molecule has 0 aromatic rings. The van der Waals surface area contributed by atoms with E-state index in [-0.39, 0.29) is 0 Å². The quantitative estimate of drug-likeness (QED) is 0.404. The van der Waals surface area contributed by atoms with Crippen LogP contribution >= 0.6 is 0 Å². The van der Waals surface area contributed by atoms with Crippen molar-refractivity contribution in [2.45, 2.75) is 52.4 Å². The smallest absolute Gasteiger partial charge is 0.0836 e. The van der Waals surface area contributed by atoms with E-state index in [4.69, 9.17) is 0 Å². The van der Waals surface area contributed by atoms with E-state index in [0.29, 0.717) is 12.5 Å². The fraction of sp³-hybridized carbons (Fsp3) is 1.00. The van der Waals surface area contributed by atoms with Crippen molar-refractivity contribution in [2.24, 2.45) is 11.1 Å². The molecule has 0 bridgehead atoms. The molecule has 0 N–H and O–H groups in total. The van der Waals surface area contributed by atoms with Crippen LogP contribution in [0.2, 0.25) is 0 Å². The second-order valence-corrected chi connectivity index (χ2v) is 3.62. The van der Waals surface area contributed by atoms with E-state index < -0.39 is 0 Å². The number of nitroso groups, excluding NO2 is 1. The molecule has 0 aromatic heterocycles. The van der Waals surface area contributed by atoms with Crippen LogP contribution in [0.15, 0.2) is 5.18 Å². The third-order valence-electron chi connectivity index (χ3n) is 2.19. The minimum absolute atomic E-state index is 0.490. The van der Waals surface area contributed by atoms with Crippen LogP contribution in [0, 0.1) is 10.8 Å². The molecular formula is C10H21NO. The number of nitrogens with zero attached hydrogens (tertiary/aromatic N) is 1. The zero-order chi connectivity index (χ0) is 9.23. The lowest BCUT2D eigenvalue weighted by molar-refractivity contribution is 0.493. The van der Waals surface area contributed by atoms with Crippen molar-refractivity contribution in [1.29, 1.82) is 0 Å². The molecule has 0 radical (unpaired) electrons. The van der Waals surface area contributed by atoms with E-state index in [1.54, 1.807) is 0 Å². The number of hydrogen-bond donors (Lipinski definition) is 0. The Morgan fingerprint density at radius 3 is 2.42 bits per heavy atom. The highest BCUT2D eigenvalue weighted by Crippen LogP contribution is 2.11. The Morgan fingerprint density at radius 1 is 1.17 bits per heavy atom. The molecule has 0 aliphatic rings. The van der Waals surface area contributed by atoms with Crippen molar-refractivity contribution < 1.29 is 0 Å². The first-order valence-corrected chi connectivity index (χ1v) is 5.10. The summed E-state index contributed by atoms with van der Waals surface area (Å²) in [6, 6.07) is 0. The molecule has 0 amide bonds. The lowest BCUT2D eigenvalue weighted by Crippen LogP contribution is -1.98. The van der Waals surface area contributed by atoms with Gasteiger partial charge in [-0.2, -0.15) is 4.91 Å². The third kappa shape index (κ3) is 7.70. The van der Waals surface area contributed by atoms with Gasteiger partial charge in [0.05, 0.1) is 6.54 Å². The van der Waals surface area contributed by atoms with Gasteiger partial charge in [0, 0.05) is 0 Å². The van der Waals surface area contributed by atoms with Crippen LogP contribution in [0.25, 0.3) is 0 Å². The minimum Gasteiger partial charge on any atom is -0.151 e. The van der Waals surface area contributed by atoms with Gasteiger partial charge in [-0.05, 0) is 12.3 Å². The Hall–Kier alpha value is -0.400. The Labute approximate surface area is 75.7 Å². The maximum Gasteiger partial charge on any atom is 0.0836 e. The highest BCUT2D eigenvalue weighted by molar-refractivity contribution is 4.55. The first kappa shape index (κ1) is 11.6. The first-order valence-electron chi connectivity index (χ1n) is 5.10. The third-order valence-corrected chi connectivity index (χ3v) is 2.19. The summed E-state index contributed by atoms with van der Waals surface area (Å²) in [4.78, 5) is 9.90. The van der Waals surface area contributed by atoms with Crippen molar-refractivity contribution in [3.05, 3.63) is 4.91 Å². The van der Waals surface area contributed by atoms with E-state index in [2.05, 4.69) is 19.0 Å². The molecule has 0 aliphatic heterocycles. The van der Waals surface area contributed by atoms with Crippen LogP contribution in [0.5, 0.6) is 0 Å². The van der Waals surface area contributed by atoms with Crippen molar-refractivity contribution >= 4 is 0 Å². The average Bonchev–Trinajstić information content (AvgIpc) is 2.05. The summed E-state index contributed by atoms with van der Waals surface area (Å²) in [5.41, 5.74) is 0. The monoisotopic (exact) mass is 171 g/mol. The van der Waals surface area contributed by atoms with Crippen molar-refractivity contribution in [3.63, 3.8) is 0 Å². The largest absolute Gasteiger partial charge is 0.151 e. The van der Waals surface area contributed by atoms with Crippen LogP contribution in [-0.2, 0) is 0 Å². The second kappa shape index (κ2) is 8.69. The molecule has 0 aromatic carbocycles. The molecule has 0 saturated heterocycles. The molecule has 0 spiro atoms. The zero-order valence-electron chi connectivity index (χ0n) is 8.38. The van der Waals surface area contributed by atoms with Gasteiger partial charge in [0.2, 0.25) is 0 Å². The van der Waals surface area contributed by atoms with Gasteiger partial charge in [-0.15, -0.1) is 0 Å². The van der Waals surface area contributed by atoms with Crippen molar-refractivity contribution in [1.82, 2.24) is 0 Å². The van der Waals surface area contributed by atoms with Gasteiger partial charge in [0.15, 0.2) is 0 Å². The predicted octanol–water partition coefficient (Wildman–Crippen LogP) is 3.75. The minimum atomic E-state index is 0.490. The van der Waals surface area contributed by atoms with Gasteiger partial charge in [0.1, 0.15) is 0 Å². The van der Waals surface area contributed by atoms with Gasteiger partial charge in [-0.1, -0.05) is 51.1 Å². The molecule has 2 heteroatoms. The Bertz CT molecular complexity index is 104. The Kier molecular flexibility index (Phi) is 8.40. The molecule has 12 heavy (non-hydrogen) atoms. The molecule has 0 heterocycles. The molecule has 0 aliphatic carbocycles. The molecule has 72 valence electrons. The van der Waals surface area contributed by atoms with E-state index in [9.17, 15) is 4.91 Å². The van der Waals surface area contributed by atoms with Gasteiger partial charge in [0.25, 0.3) is 0 Å². The molecule has 1 unspecified atom stereocenters. The summed E-state index contributed by atoms with van der Waals surface area (Å²) in [7, 11) is 0. The fourth-order valence-electron chi connectivity index (χ4n) is 1.31. The molecule has 2 nitrogen and oxygen atoms in total. The predicted molar refractivity (Wildman–Crippen MR) is 53.2 cm³/mol. The normalized spacial score (nSPS) is 12.8. The van der Waals surface area contributed by atoms with E-state index in [1.165, 1.54) is 32.1 Å². The average molecular weight is 171 g/mol. The topological polar surface area (TPSA) is 29.4 Å². The number of unbranched alkanes of at least 4 members (excludes halogenated alkanes) is 4. The van der Waals surface area contributed by atoms with E-state index in [0.717, 1.165) is 6.42 Å². The highest BCUT2D eigenvalue weighted by Gasteiger charge is 2.00. The number of rotatable bonds is 8. The lowest BCUT2D eigenvalue weighted by Gasteiger charge is -2.05. The van der Waals surface area contributed by atoms with Crippen LogP contribution in [-0.4, -0.2) is 6.54 Å². The summed E-state index contributed by atoms with van der Waals surface area (Å²) in [6.07, 6.45) is 7.73. The molecule has 0 saturated carbocycles. The van der Waals surface area contributed by atoms with Crippen molar-refractivity contribution in [2.75, 3.05) is 6.54 Å². The number of hydrogen-bond acceptors (Lipinski definition) is 2. The summed E-state index contributed by atoms with van der Waals surface area (Å²) in [5.74, 6) is 0.490. The van der Waals surface area contributed by atoms with Gasteiger partial charge in [-0.3, -0.25) is 0 Å². The lowest BCUT2D eigenvalue weighted by atomic mass is 10.0. The zero-order valence-corrected chi connectivity index (χ0v) is 8.38. The Morgan fingerprint density at radius 2 is 1.83 bits per heavy atom. The van der Waals surface area contributed by atoms with Crippen LogP contribution in [0.1, 0.15) is 52.4 Å². The van der Waals surface area contributed by atoms with Gasteiger partial charge >= 0.3 is 0 Å². The second-order valence-electron chi connectivity index (χ2n) is 3.62. The molecule has 0 fully saturated rings. The van der Waals surface area contributed by atoms with E-state index in [1.807, 2.05) is 0 Å². The first-order chi connectivity index (χ1) is 5.81. The van der Waals surface area contributed by atoms with Gasteiger partial charge in [-0.25, -0.2) is 0 Å². The van der Waals surface area contributed by atoms with Gasteiger partial charge < -0.3 is 0 Å². The van der Waals surface area contributed by atoms with E-state index >= 15 is 0 Å². The maximum atomic E-state index is 9.90. The molecule has 0 rings (SSSR count). The maximum absolute atomic E-state index is 9.90. The molecule has 1 atom stereocenters. The van der Waals surface area contributed by atoms with Crippen LogP contribution < -0.4 is 0 Å². The van der Waals surface area contributed by atoms with Crippen LogP contribution in [0.3, 0.4) is 0 Å². The standard InChI is InChI=1S/C10H21NO/c1-3-4-5-6-7-8-10(2)9-11-12/h10H,3-9H2,1-2H3. The van der Waals surface area contributed by atoms with Crippen molar-refractivity contribution in [3.8, 4) is 0 Å². The summed E-state index contributed by atoms with van der Waals surface area (Å²) < 4.78 is 0. The summed E-state index contributed by atoms with van der Waals surface area (Å²) in [6.45, 7) is 4.81. The molecular weight excluding hydrogens is 150 g/mol. The van der Waals surface area contributed by atoms with Crippen LogP contribution in [0.4, 0.5) is 0 Å². The summed E-state index contributed by atoms with van der Waals surface area (Å²) in [5, 5.41) is 2.90. The Balaban J connectivity index is 3.02.